The lowest BCUT2D eigenvalue weighted by atomic mass is 10.2. The highest BCUT2D eigenvalue weighted by Gasteiger charge is 2.08. The molecule has 136 valence electrons. The van der Waals surface area contributed by atoms with Gasteiger partial charge in [-0.2, -0.15) is 0 Å². The maximum atomic E-state index is 11.9. The van der Waals surface area contributed by atoms with Gasteiger partial charge in [0, 0.05) is 24.0 Å². The molecular weight excluding hydrogens is 360 g/mol. The number of hydrogen-bond donors (Lipinski definition) is 3. The van der Waals surface area contributed by atoms with Crippen molar-refractivity contribution in [3.05, 3.63) is 45.9 Å². The molecule has 2 rings (SSSR count). The number of urea groups is 1. The lowest BCUT2D eigenvalue weighted by Gasteiger charge is -2.08. The van der Waals surface area contributed by atoms with Gasteiger partial charge in [0.25, 0.3) is 0 Å². The molecule has 1 aromatic carbocycles. The fourth-order valence-electron chi connectivity index (χ4n) is 2.13. The molecule has 0 saturated heterocycles. The topological polar surface area (TPSA) is 114 Å². The Morgan fingerprint density at radius 1 is 1.36 bits per heavy atom. The van der Waals surface area contributed by atoms with Crippen molar-refractivity contribution >= 4 is 33.1 Å². The molecule has 2 aromatic rings. The lowest BCUT2D eigenvalue weighted by molar-refractivity contribution is 0.252. The minimum absolute atomic E-state index is 0.271. The molecule has 0 aliphatic carbocycles. The number of hydrogen-bond acceptors (Lipinski definition) is 5. The summed E-state index contributed by atoms with van der Waals surface area (Å²) < 4.78 is 22.3. The van der Waals surface area contributed by atoms with Crippen molar-refractivity contribution in [3.63, 3.8) is 0 Å². The number of nitrogens with one attached hydrogen (secondary N) is 2. The maximum absolute atomic E-state index is 11.9. The Kier molecular flexibility index (Phi) is 6.51. The largest absolute Gasteiger partial charge is 0.337 e. The third kappa shape index (κ3) is 6.81. The van der Waals surface area contributed by atoms with Crippen LogP contribution < -0.4 is 15.8 Å². The van der Waals surface area contributed by atoms with E-state index in [-0.39, 0.29) is 11.8 Å². The number of primary sulfonamides is 1. The van der Waals surface area contributed by atoms with Crippen molar-refractivity contribution in [1.82, 2.24) is 10.3 Å². The summed E-state index contributed by atoms with van der Waals surface area (Å²) in [5, 5.41) is 13.5. The number of benzene rings is 1. The van der Waals surface area contributed by atoms with Crippen LogP contribution in [-0.4, -0.2) is 26.0 Å². The first-order valence-electron chi connectivity index (χ1n) is 7.81. The van der Waals surface area contributed by atoms with Crippen LogP contribution in [0.25, 0.3) is 0 Å². The second-order valence-electron chi connectivity index (χ2n) is 5.96. The van der Waals surface area contributed by atoms with E-state index in [9.17, 15) is 13.2 Å². The molecule has 0 unspecified atom stereocenters. The Morgan fingerprint density at radius 2 is 2.12 bits per heavy atom. The van der Waals surface area contributed by atoms with Crippen LogP contribution in [0.4, 0.5) is 10.5 Å². The fraction of sp³-hybridized carbons (Fsp3) is 0.375. The van der Waals surface area contributed by atoms with Crippen LogP contribution in [0.5, 0.6) is 0 Å². The molecule has 0 saturated carbocycles. The van der Waals surface area contributed by atoms with Crippen LogP contribution in [0.3, 0.4) is 0 Å². The highest BCUT2D eigenvalue weighted by atomic mass is 32.2. The highest BCUT2D eigenvalue weighted by molar-refractivity contribution is 7.88. The molecule has 2 amide bonds. The van der Waals surface area contributed by atoms with E-state index in [1.807, 2.05) is 5.38 Å². The Balaban J connectivity index is 1.82. The summed E-state index contributed by atoms with van der Waals surface area (Å²) in [6, 6.07) is 6.22. The number of thiazole rings is 1. The van der Waals surface area contributed by atoms with E-state index in [2.05, 4.69) is 29.5 Å². The van der Waals surface area contributed by atoms with Crippen LogP contribution in [0.1, 0.15) is 36.0 Å². The summed E-state index contributed by atoms with van der Waals surface area (Å²) >= 11 is 1.59. The normalized spacial score (nSPS) is 11.5. The second kappa shape index (κ2) is 8.41. The van der Waals surface area contributed by atoms with Gasteiger partial charge in [0.2, 0.25) is 10.0 Å². The summed E-state index contributed by atoms with van der Waals surface area (Å²) in [6.07, 6.45) is 0.663. The van der Waals surface area contributed by atoms with E-state index >= 15 is 0 Å². The van der Waals surface area contributed by atoms with Gasteiger partial charge < -0.3 is 10.6 Å². The zero-order valence-corrected chi connectivity index (χ0v) is 15.8. The van der Waals surface area contributed by atoms with Crippen molar-refractivity contribution in [2.45, 2.75) is 31.9 Å². The molecule has 25 heavy (non-hydrogen) atoms. The van der Waals surface area contributed by atoms with Crippen LogP contribution in [0.2, 0.25) is 0 Å². The number of carbonyl (C=O) groups excluding carboxylic acids is 1. The quantitative estimate of drug-likeness (QED) is 0.682. The van der Waals surface area contributed by atoms with Crippen molar-refractivity contribution in [3.8, 4) is 0 Å². The average Bonchev–Trinajstić information content (AvgIpc) is 2.95. The first kappa shape index (κ1) is 19.4. The Bertz CT molecular complexity index is 831. The molecule has 0 aliphatic heterocycles. The molecule has 4 N–H and O–H groups in total. The molecule has 9 heteroatoms. The molecule has 0 bridgehead atoms. The predicted molar refractivity (Wildman–Crippen MR) is 100 cm³/mol. The molecule has 1 aromatic heterocycles. The predicted octanol–water partition coefficient (Wildman–Crippen LogP) is 2.42. The van der Waals surface area contributed by atoms with E-state index in [4.69, 9.17) is 5.14 Å². The van der Waals surface area contributed by atoms with Gasteiger partial charge in [-0.1, -0.05) is 26.0 Å². The van der Waals surface area contributed by atoms with Gasteiger partial charge in [-0.15, -0.1) is 11.3 Å². The van der Waals surface area contributed by atoms with Crippen LogP contribution in [-0.2, 0) is 22.2 Å². The average molecular weight is 383 g/mol. The number of carbonyl (C=O) groups is 1. The van der Waals surface area contributed by atoms with Gasteiger partial charge in [0.15, 0.2) is 0 Å². The van der Waals surface area contributed by atoms with Crippen molar-refractivity contribution in [2.24, 2.45) is 5.14 Å². The highest BCUT2D eigenvalue weighted by Crippen LogP contribution is 2.17. The van der Waals surface area contributed by atoms with Gasteiger partial charge in [0.05, 0.1) is 16.5 Å². The number of sulfonamides is 1. The third-order valence-corrected chi connectivity index (χ3v) is 5.00. The van der Waals surface area contributed by atoms with Gasteiger partial charge in [-0.3, -0.25) is 0 Å². The summed E-state index contributed by atoms with van der Waals surface area (Å²) in [7, 11) is -3.61. The Labute approximate surface area is 151 Å². The standard InChI is InChI=1S/C16H22N4O3S2/c1-11(2)14-9-24-15(20-14)6-7-18-16(21)19-13-5-3-4-12(8-13)10-25(17,22)23/h3-5,8-9,11H,6-7,10H2,1-2H3,(H2,17,22,23)(H2,18,19,21). The fourth-order valence-corrected chi connectivity index (χ4v) is 3.74. The zero-order chi connectivity index (χ0) is 18.4. The molecule has 0 atom stereocenters. The first-order chi connectivity index (χ1) is 11.7. The molecule has 0 radical (unpaired) electrons. The first-order valence-corrected chi connectivity index (χ1v) is 10.4. The molecule has 1 heterocycles. The Hall–Kier alpha value is -1.97. The van der Waals surface area contributed by atoms with Gasteiger partial charge >= 0.3 is 6.03 Å². The number of anilines is 1. The minimum atomic E-state index is -3.61. The Morgan fingerprint density at radius 3 is 2.76 bits per heavy atom. The summed E-state index contributed by atoms with van der Waals surface area (Å²) in [5.41, 5.74) is 2.09. The second-order valence-corrected chi connectivity index (χ2v) is 8.52. The number of rotatable bonds is 7. The number of nitrogens with zero attached hydrogens (tertiary/aromatic N) is 1. The monoisotopic (exact) mass is 382 g/mol. The third-order valence-electron chi connectivity index (χ3n) is 3.34. The maximum Gasteiger partial charge on any atom is 0.319 e. The summed E-state index contributed by atoms with van der Waals surface area (Å²) in [4.78, 5) is 16.4. The van der Waals surface area contributed by atoms with Gasteiger partial charge in [-0.25, -0.2) is 23.3 Å². The smallest absolute Gasteiger partial charge is 0.319 e. The van der Waals surface area contributed by atoms with Gasteiger partial charge in [-0.05, 0) is 23.6 Å². The van der Waals surface area contributed by atoms with Crippen LogP contribution in [0.15, 0.2) is 29.6 Å². The van der Waals surface area contributed by atoms with E-state index in [1.165, 1.54) is 0 Å². The van der Waals surface area contributed by atoms with Crippen molar-refractivity contribution in [2.75, 3.05) is 11.9 Å². The van der Waals surface area contributed by atoms with E-state index < -0.39 is 10.0 Å². The molecule has 0 spiro atoms. The number of amides is 2. The zero-order valence-electron chi connectivity index (χ0n) is 14.2. The van der Waals surface area contributed by atoms with Crippen LogP contribution in [0, 0.1) is 0 Å². The number of nitrogens with two attached hydrogens (primary N) is 1. The molecule has 7 nitrogen and oxygen atoms in total. The minimum Gasteiger partial charge on any atom is -0.337 e. The van der Waals surface area contributed by atoms with E-state index in [1.54, 1.807) is 35.6 Å². The van der Waals surface area contributed by atoms with Crippen molar-refractivity contribution in [1.29, 1.82) is 0 Å². The summed E-state index contributed by atoms with van der Waals surface area (Å²) in [5.74, 6) is 0.123. The molecular formula is C16H22N4O3S2. The SMILES string of the molecule is CC(C)c1csc(CCNC(=O)Nc2cccc(CS(N)(=O)=O)c2)n1. The van der Waals surface area contributed by atoms with Crippen LogP contribution >= 0.6 is 11.3 Å². The number of aromatic nitrogens is 1. The van der Waals surface area contributed by atoms with E-state index in [0.29, 0.717) is 30.1 Å². The van der Waals surface area contributed by atoms with E-state index in [0.717, 1.165) is 10.7 Å². The lowest BCUT2D eigenvalue weighted by Crippen LogP contribution is -2.30. The molecule has 0 fully saturated rings. The molecule has 0 aliphatic rings. The van der Waals surface area contributed by atoms with Gasteiger partial charge in [0.1, 0.15) is 0 Å². The summed E-state index contributed by atoms with van der Waals surface area (Å²) in [6.45, 7) is 4.65. The van der Waals surface area contributed by atoms with Crippen molar-refractivity contribution < 1.29 is 13.2 Å².